The van der Waals surface area contributed by atoms with E-state index >= 15 is 0 Å². The molecule has 0 atom stereocenters. The first-order valence-electron chi connectivity index (χ1n) is 11.3. The van der Waals surface area contributed by atoms with E-state index in [1.54, 1.807) is 10.4 Å². The molecule has 1 aliphatic rings. The summed E-state index contributed by atoms with van der Waals surface area (Å²) < 4.78 is 27.3. The molecule has 0 aliphatic carbocycles. The number of piperazine rings is 1. The number of hydrogen-bond acceptors (Lipinski definition) is 5. The Labute approximate surface area is 196 Å². The van der Waals surface area contributed by atoms with Gasteiger partial charge in [0.1, 0.15) is 11.6 Å². The van der Waals surface area contributed by atoms with Crippen molar-refractivity contribution in [1.29, 1.82) is 0 Å². The number of rotatable bonds is 7. The van der Waals surface area contributed by atoms with E-state index in [0.717, 1.165) is 41.3 Å². The number of hydrogen-bond donors (Lipinski definition) is 0. The molecule has 0 N–H and O–H groups in total. The number of aromatic nitrogens is 2. The average Bonchev–Trinajstić information content (AvgIpc) is 2.85. The molecule has 2 heterocycles. The second kappa shape index (κ2) is 10.3. The summed E-state index contributed by atoms with van der Waals surface area (Å²) >= 11 is 0. The summed E-state index contributed by atoms with van der Waals surface area (Å²) in [6.07, 6.45) is 3.25. The van der Waals surface area contributed by atoms with E-state index < -0.39 is 10.0 Å². The maximum atomic E-state index is 12.9. The van der Waals surface area contributed by atoms with E-state index in [2.05, 4.69) is 24.0 Å². The van der Waals surface area contributed by atoms with Crippen molar-refractivity contribution in [3.05, 3.63) is 94.3 Å². The molecule has 1 saturated heterocycles. The summed E-state index contributed by atoms with van der Waals surface area (Å²) in [5, 5.41) is 1.31. The molecule has 0 amide bonds. The van der Waals surface area contributed by atoms with Crippen LogP contribution in [0.4, 0.5) is 5.82 Å². The summed E-state index contributed by atoms with van der Waals surface area (Å²) in [4.78, 5) is 11.7. The Morgan fingerprint density at radius 1 is 0.909 bits per heavy atom. The van der Waals surface area contributed by atoms with Gasteiger partial charge in [-0.05, 0) is 30.5 Å². The fourth-order valence-corrected chi connectivity index (χ4v) is 5.32. The molecule has 1 aliphatic heterocycles. The minimum atomic E-state index is -3.47. The summed E-state index contributed by atoms with van der Waals surface area (Å²) in [7, 11) is -3.47. The smallest absolute Gasteiger partial charge is 0.236 e. The van der Waals surface area contributed by atoms with Crippen LogP contribution in [0.1, 0.15) is 35.1 Å². The van der Waals surface area contributed by atoms with E-state index in [0.29, 0.717) is 26.2 Å². The van der Waals surface area contributed by atoms with Crippen LogP contribution in [0.25, 0.3) is 6.08 Å². The van der Waals surface area contributed by atoms with Gasteiger partial charge >= 0.3 is 0 Å². The standard InChI is InChI=1S/C26H30N4O2S/c1-3-25-24(20-23-12-8-5-9-13-23)26(28-21(2)27-25)29-15-17-30(18-16-29)33(31,32)19-14-22-10-6-4-7-11-22/h4-14,19H,3,15-18,20H2,1-2H3. The minimum Gasteiger partial charge on any atom is -0.354 e. The number of nitrogens with zero attached hydrogens (tertiary/aromatic N) is 4. The highest BCUT2D eigenvalue weighted by molar-refractivity contribution is 7.92. The molecule has 0 bridgehead atoms. The zero-order valence-electron chi connectivity index (χ0n) is 19.2. The third-order valence-electron chi connectivity index (χ3n) is 5.87. The fraction of sp³-hybridized carbons (Fsp3) is 0.308. The second-order valence-electron chi connectivity index (χ2n) is 8.18. The predicted octanol–water partition coefficient (Wildman–Crippen LogP) is 4.06. The quantitative estimate of drug-likeness (QED) is 0.530. The van der Waals surface area contributed by atoms with E-state index in [4.69, 9.17) is 9.97 Å². The van der Waals surface area contributed by atoms with Gasteiger partial charge in [0.25, 0.3) is 0 Å². The van der Waals surface area contributed by atoms with Gasteiger partial charge in [0.15, 0.2) is 0 Å². The van der Waals surface area contributed by atoms with E-state index in [1.807, 2.05) is 55.5 Å². The topological polar surface area (TPSA) is 66.4 Å². The zero-order chi connectivity index (χ0) is 23.3. The molecule has 172 valence electrons. The van der Waals surface area contributed by atoms with Crippen LogP contribution >= 0.6 is 0 Å². The maximum absolute atomic E-state index is 12.9. The van der Waals surface area contributed by atoms with Crippen LogP contribution in [0.15, 0.2) is 66.1 Å². The maximum Gasteiger partial charge on any atom is 0.236 e. The molecule has 0 radical (unpaired) electrons. The van der Waals surface area contributed by atoms with Gasteiger partial charge in [-0.25, -0.2) is 18.4 Å². The van der Waals surface area contributed by atoms with Crippen molar-refractivity contribution in [2.24, 2.45) is 0 Å². The lowest BCUT2D eigenvalue weighted by atomic mass is 10.0. The zero-order valence-corrected chi connectivity index (χ0v) is 20.0. The lowest BCUT2D eigenvalue weighted by Gasteiger charge is -2.35. The Kier molecular flexibility index (Phi) is 7.20. The molecule has 3 aromatic rings. The van der Waals surface area contributed by atoms with Crippen molar-refractivity contribution in [1.82, 2.24) is 14.3 Å². The molecule has 0 spiro atoms. The van der Waals surface area contributed by atoms with Crippen LogP contribution in [0.5, 0.6) is 0 Å². The van der Waals surface area contributed by atoms with Gasteiger partial charge in [-0.2, -0.15) is 4.31 Å². The van der Waals surface area contributed by atoms with Crippen LogP contribution in [0, 0.1) is 6.92 Å². The molecule has 2 aromatic carbocycles. The van der Waals surface area contributed by atoms with E-state index in [9.17, 15) is 8.42 Å². The number of aryl methyl sites for hydroxylation is 2. The van der Waals surface area contributed by atoms with E-state index in [-0.39, 0.29) is 0 Å². The predicted molar refractivity (Wildman–Crippen MR) is 134 cm³/mol. The van der Waals surface area contributed by atoms with Gasteiger partial charge in [0, 0.05) is 49.3 Å². The summed E-state index contributed by atoms with van der Waals surface area (Å²) in [6.45, 7) is 6.08. The monoisotopic (exact) mass is 462 g/mol. The molecular formula is C26H30N4O2S. The summed E-state index contributed by atoms with van der Waals surface area (Å²) in [5.41, 5.74) is 4.28. The fourth-order valence-electron chi connectivity index (χ4n) is 4.14. The number of benzene rings is 2. The SMILES string of the molecule is CCc1nc(C)nc(N2CCN(S(=O)(=O)C=Cc3ccccc3)CC2)c1Cc1ccccc1. The van der Waals surface area contributed by atoms with Crippen LogP contribution in [0.2, 0.25) is 0 Å². The first-order chi connectivity index (χ1) is 16.0. The Morgan fingerprint density at radius 3 is 2.18 bits per heavy atom. The Bertz CT molecular complexity index is 1200. The third kappa shape index (κ3) is 5.67. The molecule has 4 rings (SSSR count). The van der Waals surface area contributed by atoms with Gasteiger partial charge in [0.2, 0.25) is 10.0 Å². The number of anilines is 1. The molecule has 1 aromatic heterocycles. The van der Waals surface area contributed by atoms with Gasteiger partial charge in [-0.3, -0.25) is 0 Å². The highest BCUT2D eigenvalue weighted by Crippen LogP contribution is 2.26. The van der Waals surface area contributed by atoms with Gasteiger partial charge in [0.05, 0.1) is 0 Å². The average molecular weight is 463 g/mol. The lowest BCUT2D eigenvalue weighted by Crippen LogP contribution is -2.48. The highest BCUT2D eigenvalue weighted by atomic mass is 32.2. The first kappa shape index (κ1) is 23.1. The third-order valence-corrected chi connectivity index (χ3v) is 7.44. The van der Waals surface area contributed by atoms with Crippen LogP contribution in [0.3, 0.4) is 0 Å². The number of sulfonamides is 1. The molecule has 7 heteroatoms. The van der Waals surface area contributed by atoms with Crippen molar-refractivity contribution in [2.75, 3.05) is 31.1 Å². The van der Waals surface area contributed by atoms with Crippen molar-refractivity contribution < 1.29 is 8.42 Å². The molecule has 33 heavy (non-hydrogen) atoms. The molecule has 1 fully saturated rings. The van der Waals surface area contributed by atoms with Crippen LogP contribution in [-0.4, -0.2) is 48.9 Å². The van der Waals surface area contributed by atoms with Crippen LogP contribution in [-0.2, 0) is 22.9 Å². The van der Waals surface area contributed by atoms with Crippen molar-refractivity contribution in [3.63, 3.8) is 0 Å². The highest BCUT2D eigenvalue weighted by Gasteiger charge is 2.27. The van der Waals surface area contributed by atoms with Gasteiger partial charge in [-0.15, -0.1) is 0 Å². The lowest BCUT2D eigenvalue weighted by molar-refractivity contribution is 0.388. The summed E-state index contributed by atoms with van der Waals surface area (Å²) in [6, 6.07) is 19.8. The Hall–Kier alpha value is -3.03. The molecule has 0 saturated carbocycles. The first-order valence-corrected chi connectivity index (χ1v) is 12.8. The molecular weight excluding hydrogens is 432 g/mol. The molecule has 0 unspecified atom stereocenters. The van der Waals surface area contributed by atoms with Gasteiger partial charge < -0.3 is 4.90 Å². The second-order valence-corrected chi connectivity index (χ2v) is 10.00. The normalized spacial score (nSPS) is 15.3. The van der Waals surface area contributed by atoms with Crippen molar-refractivity contribution in [2.45, 2.75) is 26.7 Å². The Balaban J connectivity index is 1.52. The molecule has 6 nitrogen and oxygen atoms in total. The van der Waals surface area contributed by atoms with E-state index in [1.165, 1.54) is 11.0 Å². The van der Waals surface area contributed by atoms with Crippen molar-refractivity contribution >= 4 is 21.9 Å². The van der Waals surface area contributed by atoms with Crippen molar-refractivity contribution in [3.8, 4) is 0 Å². The van der Waals surface area contributed by atoms with Gasteiger partial charge in [-0.1, -0.05) is 67.6 Å². The van der Waals surface area contributed by atoms with Crippen LogP contribution < -0.4 is 4.90 Å². The summed E-state index contributed by atoms with van der Waals surface area (Å²) in [5.74, 6) is 1.68. The largest absolute Gasteiger partial charge is 0.354 e. The Morgan fingerprint density at radius 2 is 1.55 bits per heavy atom. The minimum absolute atomic E-state index is 0.427.